The molecule has 0 amide bonds. The molecule has 1 aromatic heterocycles. The van der Waals surface area contributed by atoms with Crippen molar-refractivity contribution in [2.75, 3.05) is 6.54 Å². The number of amidine groups is 1. The largest absolute Gasteiger partial charge is 0.386 e. The van der Waals surface area contributed by atoms with E-state index in [1.165, 1.54) is 4.31 Å². The van der Waals surface area contributed by atoms with E-state index in [-0.39, 0.29) is 10.7 Å². The van der Waals surface area contributed by atoms with Crippen LogP contribution in [0.5, 0.6) is 0 Å². The third-order valence-corrected chi connectivity index (χ3v) is 5.98. The number of nitrogens with zero attached hydrogens (tertiary/aromatic N) is 3. The Hall–Kier alpha value is -1.41. The number of aryl methyl sites for hydroxylation is 2. The summed E-state index contributed by atoms with van der Waals surface area (Å²) in [7, 11) is -1.95. The zero-order valence-corrected chi connectivity index (χ0v) is 12.9. The van der Waals surface area contributed by atoms with Crippen molar-refractivity contribution in [3.8, 4) is 0 Å². The Labute approximate surface area is 119 Å². The second-order valence-electron chi connectivity index (χ2n) is 5.21. The fourth-order valence-electron chi connectivity index (χ4n) is 2.75. The lowest BCUT2D eigenvalue weighted by Crippen LogP contribution is -2.50. The van der Waals surface area contributed by atoms with Gasteiger partial charge >= 0.3 is 0 Å². The normalized spacial score (nSPS) is 21.1. The van der Waals surface area contributed by atoms with Gasteiger partial charge < -0.3 is 5.73 Å². The highest BCUT2D eigenvalue weighted by Crippen LogP contribution is 2.28. The Morgan fingerprint density at radius 3 is 2.55 bits per heavy atom. The summed E-state index contributed by atoms with van der Waals surface area (Å²) in [5.41, 5.74) is 6.66. The van der Waals surface area contributed by atoms with E-state index in [2.05, 4.69) is 5.10 Å². The first-order valence-electron chi connectivity index (χ1n) is 6.62. The fraction of sp³-hybridized carbons (Fsp3) is 0.667. The summed E-state index contributed by atoms with van der Waals surface area (Å²) in [6, 6.07) is -0.534. The van der Waals surface area contributed by atoms with Gasteiger partial charge in [-0.1, -0.05) is 6.42 Å². The zero-order chi connectivity index (χ0) is 15.1. The second-order valence-corrected chi connectivity index (χ2v) is 7.03. The number of aromatic nitrogens is 2. The molecule has 1 aromatic rings. The number of piperidine rings is 1. The van der Waals surface area contributed by atoms with Crippen LogP contribution in [0.1, 0.15) is 30.7 Å². The lowest BCUT2D eigenvalue weighted by molar-refractivity contribution is 0.303. The standard InChI is InChI=1S/C12H21N5O2S/c1-8-11(9(2)16(3)15-8)20(18,19)17-7-5-4-6-10(17)12(13)14/h10H,4-7H2,1-3H3,(H3,13,14). The summed E-state index contributed by atoms with van der Waals surface area (Å²) >= 11 is 0. The van der Waals surface area contributed by atoms with Crippen molar-refractivity contribution >= 4 is 15.9 Å². The maximum atomic E-state index is 12.9. The molecule has 1 fully saturated rings. The van der Waals surface area contributed by atoms with Crippen LogP contribution in [-0.4, -0.2) is 40.9 Å². The lowest BCUT2D eigenvalue weighted by Gasteiger charge is -2.33. The van der Waals surface area contributed by atoms with E-state index in [1.54, 1.807) is 25.6 Å². The molecule has 112 valence electrons. The van der Waals surface area contributed by atoms with Gasteiger partial charge in [0.2, 0.25) is 10.0 Å². The summed E-state index contributed by atoms with van der Waals surface area (Å²) in [4.78, 5) is 0.244. The number of rotatable bonds is 3. The van der Waals surface area contributed by atoms with E-state index in [4.69, 9.17) is 11.1 Å². The maximum Gasteiger partial charge on any atom is 0.247 e. The first-order valence-corrected chi connectivity index (χ1v) is 8.06. The van der Waals surface area contributed by atoms with E-state index in [9.17, 15) is 8.42 Å². The molecule has 20 heavy (non-hydrogen) atoms. The topological polar surface area (TPSA) is 105 Å². The molecule has 0 aliphatic carbocycles. The minimum atomic E-state index is -3.67. The van der Waals surface area contributed by atoms with Gasteiger partial charge in [0.05, 0.1) is 17.4 Å². The molecule has 1 atom stereocenters. The van der Waals surface area contributed by atoms with Gasteiger partial charge in [0.1, 0.15) is 10.7 Å². The molecule has 0 saturated carbocycles. The van der Waals surface area contributed by atoms with E-state index in [1.807, 2.05) is 0 Å². The van der Waals surface area contributed by atoms with Crippen LogP contribution >= 0.6 is 0 Å². The molecule has 7 nitrogen and oxygen atoms in total. The molecule has 0 bridgehead atoms. The predicted octanol–water partition coefficient (Wildman–Crippen LogP) is 0.516. The molecule has 1 saturated heterocycles. The maximum absolute atomic E-state index is 12.9. The number of hydrogen-bond donors (Lipinski definition) is 2. The third-order valence-electron chi connectivity index (χ3n) is 3.82. The summed E-state index contributed by atoms with van der Waals surface area (Å²) in [5, 5.41) is 11.8. The molecule has 0 aromatic carbocycles. The van der Waals surface area contributed by atoms with Crippen molar-refractivity contribution < 1.29 is 8.42 Å². The summed E-state index contributed by atoms with van der Waals surface area (Å²) in [6.45, 7) is 3.83. The number of nitrogens with two attached hydrogens (primary N) is 1. The molecule has 2 rings (SSSR count). The molecule has 3 N–H and O–H groups in total. The van der Waals surface area contributed by atoms with Gasteiger partial charge in [0, 0.05) is 13.6 Å². The molecule has 1 unspecified atom stereocenters. The van der Waals surface area contributed by atoms with E-state index in [0.29, 0.717) is 24.4 Å². The van der Waals surface area contributed by atoms with E-state index >= 15 is 0 Å². The quantitative estimate of drug-likeness (QED) is 0.627. The Kier molecular flexibility index (Phi) is 3.88. The average molecular weight is 299 g/mol. The van der Waals surface area contributed by atoms with Crippen LogP contribution in [0.4, 0.5) is 0 Å². The summed E-state index contributed by atoms with van der Waals surface area (Å²) in [5.74, 6) is -0.0903. The summed E-state index contributed by atoms with van der Waals surface area (Å²) in [6.07, 6.45) is 2.29. The van der Waals surface area contributed by atoms with Crippen LogP contribution in [0.15, 0.2) is 4.90 Å². The van der Waals surface area contributed by atoms with Crippen molar-refractivity contribution in [2.24, 2.45) is 12.8 Å². The molecular formula is C12H21N5O2S. The van der Waals surface area contributed by atoms with E-state index in [0.717, 1.165) is 12.8 Å². The smallest absolute Gasteiger partial charge is 0.247 e. The first kappa shape index (κ1) is 15.0. The van der Waals surface area contributed by atoms with Crippen molar-refractivity contribution in [1.29, 1.82) is 5.41 Å². The van der Waals surface area contributed by atoms with Crippen molar-refractivity contribution in [1.82, 2.24) is 14.1 Å². The molecule has 2 heterocycles. The number of hydrogen-bond acceptors (Lipinski definition) is 4. The molecule has 8 heteroatoms. The molecular weight excluding hydrogens is 278 g/mol. The van der Waals surface area contributed by atoms with Crippen molar-refractivity contribution in [3.05, 3.63) is 11.4 Å². The van der Waals surface area contributed by atoms with Crippen LogP contribution in [0, 0.1) is 19.3 Å². The molecule has 0 spiro atoms. The van der Waals surface area contributed by atoms with Gasteiger partial charge in [-0.15, -0.1) is 0 Å². The highest BCUT2D eigenvalue weighted by atomic mass is 32.2. The van der Waals surface area contributed by atoms with Crippen LogP contribution in [0.3, 0.4) is 0 Å². The van der Waals surface area contributed by atoms with Crippen molar-refractivity contribution in [2.45, 2.75) is 44.0 Å². The van der Waals surface area contributed by atoms with Gasteiger partial charge in [-0.25, -0.2) is 8.42 Å². The monoisotopic (exact) mass is 299 g/mol. The highest BCUT2D eigenvalue weighted by Gasteiger charge is 2.37. The van der Waals surface area contributed by atoms with Gasteiger partial charge in [-0.2, -0.15) is 9.40 Å². The number of sulfonamides is 1. The van der Waals surface area contributed by atoms with Gasteiger partial charge in [0.15, 0.2) is 0 Å². The average Bonchev–Trinajstić information content (AvgIpc) is 2.63. The summed E-state index contributed by atoms with van der Waals surface area (Å²) < 4.78 is 28.7. The Balaban J connectivity index is 2.50. The van der Waals surface area contributed by atoms with Gasteiger partial charge in [-0.3, -0.25) is 10.1 Å². The minimum Gasteiger partial charge on any atom is -0.386 e. The second kappa shape index (κ2) is 5.17. The van der Waals surface area contributed by atoms with Gasteiger partial charge in [0.25, 0.3) is 0 Å². The van der Waals surface area contributed by atoms with Crippen LogP contribution in [-0.2, 0) is 17.1 Å². The zero-order valence-electron chi connectivity index (χ0n) is 12.0. The fourth-order valence-corrected chi connectivity index (χ4v) is 4.83. The van der Waals surface area contributed by atoms with Crippen LogP contribution < -0.4 is 5.73 Å². The highest BCUT2D eigenvalue weighted by molar-refractivity contribution is 7.89. The predicted molar refractivity (Wildman–Crippen MR) is 76.1 cm³/mol. The van der Waals surface area contributed by atoms with Crippen LogP contribution in [0.2, 0.25) is 0 Å². The van der Waals surface area contributed by atoms with Crippen LogP contribution in [0.25, 0.3) is 0 Å². The Bertz CT molecular complexity index is 635. The molecule has 1 aliphatic heterocycles. The van der Waals surface area contributed by atoms with E-state index < -0.39 is 16.1 Å². The van der Waals surface area contributed by atoms with Crippen molar-refractivity contribution in [3.63, 3.8) is 0 Å². The molecule has 0 radical (unpaired) electrons. The lowest BCUT2D eigenvalue weighted by atomic mass is 10.0. The Morgan fingerprint density at radius 2 is 2.05 bits per heavy atom. The van der Waals surface area contributed by atoms with Gasteiger partial charge in [-0.05, 0) is 26.7 Å². The number of nitrogens with one attached hydrogen (secondary N) is 1. The molecule has 1 aliphatic rings. The minimum absolute atomic E-state index is 0.0903. The third kappa shape index (κ3) is 2.33. The SMILES string of the molecule is Cc1nn(C)c(C)c1S(=O)(=O)N1CCCCC1C(=N)N. The Morgan fingerprint density at radius 1 is 1.40 bits per heavy atom. The first-order chi connectivity index (χ1) is 9.26.